The lowest BCUT2D eigenvalue weighted by Gasteiger charge is -2.08. The molecule has 0 aromatic heterocycles. The molecule has 0 saturated heterocycles. The van der Waals surface area contributed by atoms with Crippen LogP contribution in [0.4, 0.5) is 0 Å². The smallest absolute Gasteiger partial charge is 0.0517 e. The molecule has 2 aromatic carbocycles. The minimum atomic E-state index is -1.07. The molecule has 0 fully saturated rings. The minimum absolute atomic E-state index is 0.0651. The van der Waals surface area contributed by atoms with Gasteiger partial charge in [0.2, 0.25) is 0 Å². The third kappa shape index (κ3) is 2.31. The van der Waals surface area contributed by atoms with Gasteiger partial charge in [0.05, 0.1) is 5.97 Å². The van der Waals surface area contributed by atoms with Crippen LogP contribution in [0.15, 0.2) is 41.3 Å². The minimum Gasteiger partial charge on any atom is -0.549 e. The molecule has 0 aliphatic carbocycles. The second kappa shape index (κ2) is 4.76. The van der Waals surface area contributed by atoms with Crippen LogP contribution in [-0.2, 0) is 4.79 Å². The quantitative estimate of drug-likeness (QED) is 0.786. The Morgan fingerprint density at radius 3 is 2.62 bits per heavy atom. The maximum Gasteiger partial charge on any atom is 0.0517 e. The van der Waals surface area contributed by atoms with Crippen LogP contribution in [0, 0.1) is 0 Å². The number of carbonyl (C=O) groups excluding carboxylic acids is 1. The Morgan fingerprint density at radius 1 is 1.25 bits per heavy atom. The highest BCUT2D eigenvalue weighted by Crippen LogP contribution is 2.32. The Hall–Kier alpha value is -1.19. The van der Waals surface area contributed by atoms with E-state index in [1.807, 2.05) is 30.3 Å². The molecule has 4 heteroatoms. The number of halogens is 1. The molecule has 0 unspecified atom stereocenters. The van der Waals surface area contributed by atoms with Crippen molar-refractivity contribution < 1.29 is 9.90 Å². The fraction of sp³-hybridized carbons (Fsp3) is 0.0833. The van der Waals surface area contributed by atoms with Crippen LogP contribution in [-0.4, -0.2) is 11.7 Å². The highest BCUT2D eigenvalue weighted by atomic mass is 35.5. The van der Waals surface area contributed by atoms with E-state index in [0.717, 1.165) is 15.7 Å². The molecule has 16 heavy (non-hydrogen) atoms. The summed E-state index contributed by atoms with van der Waals surface area (Å²) < 4.78 is 0. The molecular weight excluding hydrogens is 244 g/mol. The molecule has 0 radical (unpaired) electrons. The van der Waals surface area contributed by atoms with E-state index in [1.54, 1.807) is 6.07 Å². The molecule has 2 nitrogen and oxygen atoms in total. The van der Waals surface area contributed by atoms with Gasteiger partial charge in [-0.05, 0) is 17.5 Å². The molecular formula is C12H8ClO2S-. The van der Waals surface area contributed by atoms with Crippen LogP contribution in [0.1, 0.15) is 0 Å². The summed E-state index contributed by atoms with van der Waals surface area (Å²) in [5.74, 6) is -1.14. The molecule has 0 spiro atoms. The molecule has 2 rings (SSSR count). The highest BCUT2D eigenvalue weighted by molar-refractivity contribution is 8.00. The molecule has 0 atom stereocenters. The Kier molecular flexibility index (Phi) is 3.36. The number of benzene rings is 2. The van der Waals surface area contributed by atoms with Gasteiger partial charge >= 0.3 is 0 Å². The zero-order valence-corrected chi connectivity index (χ0v) is 9.85. The summed E-state index contributed by atoms with van der Waals surface area (Å²) in [4.78, 5) is 11.3. The van der Waals surface area contributed by atoms with Crippen molar-refractivity contribution in [1.29, 1.82) is 0 Å². The zero-order chi connectivity index (χ0) is 11.5. The normalized spacial score (nSPS) is 10.6. The van der Waals surface area contributed by atoms with Gasteiger partial charge in [-0.25, -0.2) is 0 Å². The van der Waals surface area contributed by atoms with Gasteiger partial charge in [-0.15, -0.1) is 11.8 Å². The molecule has 0 heterocycles. The number of carboxylic acids is 1. The molecule has 82 valence electrons. The number of carboxylic acid groups (broad SMARTS) is 1. The number of thioether (sulfide) groups is 1. The third-order valence-corrected chi connectivity index (χ3v) is 3.51. The highest BCUT2D eigenvalue weighted by Gasteiger charge is 2.04. The van der Waals surface area contributed by atoms with Gasteiger partial charge in [-0.2, -0.15) is 0 Å². The van der Waals surface area contributed by atoms with E-state index in [2.05, 4.69) is 0 Å². The summed E-state index contributed by atoms with van der Waals surface area (Å²) in [6.07, 6.45) is 0. The van der Waals surface area contributed by atoms with Crippen LogP contribution >= 0.6 is 23.4 Å². The number of aliphatic carboxylic acids is 1. The largest absolute Gasteiger partial charge is 0.549 e. The van der Waals surface area contributed by atoms with E-state index >= 15 is 0 Å². The summed E-state index contributed by atoms with van der Waals surface area (Å²) in [6.45, 7) is 0. The van der Waals surface area contributed by atoms with E-state index < -0.39 is 5.97 Å². The van der Waals surface area contributed by atoms with Crippen LogP contribution in [0.5, 0.6) is 0 Å². The van der Waals surface area contributed by atoms with Crippen molar-refractivity contribution in [2.24, 2.45) is 0 Å². The average molecular weight is 252 g/mol. The monoisotopic (exact) mass is 251 g/mol. The standard InChI is InChI=1S/C12H9ClO2S/c13-9-5-1-3-8-4-2-6-10(12(8)9)16-7-11(14)15/h1-6H,7H2,(H,14,15)/p-1. The van der Waals surface area contributed by atoms with E-state index in [0.29, 0.717) is 5.02 Å². The van der Waals surface area contributed by atoms with Crippen molar-refractivity contribution in [2.75, 3.05) is 5.75 Å². The first kappa shape index (κ1) is 11.3. The van der Waals surface area contributed by atoms with E-state index in [1.165, 1.54) is 11.8 Å². The first-order chi connectivity index (χ1) is 7.68. The maximum atomic E-state index is 10.4. The topological polar surface area (TPSA) is 40.1 Å². The predicted octanol–water partition coefficient (Wildman–Crippen LogP) is 2.34. The number of rotatable bonds is 3. The third-order valence-electron chi connectivity index (χ3n) is 2.16. The Bertz CT molecular complexity index is 534. The Morgan fingerprint density at radius 2 is 1.94 bits per heavy atom. The van der Waals surface area contributed by atoms with Crippen LogP contribution in [0.3, 0.4) is 0 Å². The predicted molar refractivity (Wildman–Crippen MR) is 64.7 cm³/mol. The lowest BCUT2D eigenvalue weighted by Crippen LogP contribution is -2.24. The lowest BCUT2D eigenvalue weighted by atomic mass is 10.1. The number of fused-ring (bicyclic) bond motifs is 1. The van der Waals surface area contributed by atoms with Crippen LogP contribution in [0.25, 0.3) is 10.8 Å². The van der Waals surface area contributed by atoms with Gasteiger partial charge in [0.15, 0.2) is 0 Å². The van der Waals surface area contributed by atoms with E-state index in [-0.39, 0.29) is 5.75 Å². The Balaban J connectivity index is 2.48. The van der Waals surface area contributed by atoms with E-state index in [4.69, 9.17) is 11.6 Å². The van der Waals surface area contributed by atoms with Crippen molar-refractivity contribution in [1.82, 2.24) is 0 Å². The average Bonchev–Trinajstić information content (AvgIpc) is 2.26. The lowest BCUT2D eigenvalue weighted by molar-refractivity contribution is -0.301. The van der Waals surface area contributed by atoms with Crippen LogP contribution < -0.4 is 5.11 Å². The zero-order valence-electron chi connectivity index (χ0n) is 8.27. The Labute approximate surface area is 102 Å². The molecule has 0 bridgehead atoms. The fourth-order valence-electron chi connectivity index (χ4n) is 1.52. The first-order valence-corrected chi connectivity index (χ1v) is 6.05. The van der Waals surface area contributed by atoms with Gasteiger partial charge in [-0.1, -0.05) is 35.9 Å². The molecule has 2 aromatic rings. The summed E-state index contributed by atoms with van der Waals surface area (Å²) in [6, 6.07) is 11.3. The summed E-state index contributed by atoms with van der Waals surface area (Å²) in [7, 11) is 0. The van der Waals surface area contributed by atoms with Crippen molar-refractivity contribution in [2.45, 2.75) is 4.90 Å². The van der Waals surface area contributed by atoms with Gasteiger partial charge in [0, 0.05) is 21.1 Å². The fourth-order valence-corrected chi connectivity index (χ4v) is 2.68. The number of carbonyl (C=O) groups is 1. The second-order valence-corrected chi connectivity index (χ2v) is 4.68. The molecule has 0 amide bonds. The van der Waals surface area contributed by atoms with Crippen molar-refractivity contribution in [3.05, 3.63) is 41.4 Å². The summed E-state index contributed by atoms with van der Waals surface area (Å²) >= 11 is 7.33. The summed E-state index contributed by atoms with van der Waals surface area (Å²) in [5, 5.41) is 13.0. The summed E-state index contributed by atoms with van der Waals surface area (Å²) in [5.41, 5.74) is 0. The first-order valence-electron chi connectivity index (χ1n) is 4.68. The molecule has 0 saturated carbocycles. The van der Waals surface area contributed by atoms with Crippen LogP contribution in [0.2, 0.25) is 5.02 Å². The van der Waals surface area contributed by atoms with Crippen molar-refractivity contribution >= 4 is 40.1 Å². The molecule has 0 aliphatic heterocycles. The van der Waals surface area contributed by atoms with Crippen molar-refractivity contribution in [3.63, 3.8) is 0 Å². The van der Waals surface area contributed by atoms with Gasteiger partial charge in [0.1, 0.15) is 0 Å². The number of hydrogen-bond acceptors (Lipinski definition) is 3. The van der Waals surface area contributed by atoms with E-state index in [9.17, 15) is 9.90 Å². The maximum absolute atomic E-state index is 10.4. The van der Waals surface area contributed by atoms with Gasteiger partial charge in [-0.3, -0.25) is 0 Å². The second-order valence-electron chi connectivity index (χ2n) is 3.25. The number of hydrogen-bond donors (Lipinski definition) is 0. The molecule has 0 aliphatic rings. The van der Waals surface area contributed by atoms with Gasteiger partial charge < -0.3 is 9.90 Å². The van der Waals surface area contributed by atoms with Gasteiger partial charge in [0.25, 0.3) is 0 Å². The van der Waals surface area contributed by atoms with Crippen molar-refractivity contribution in [3.8, 4) is 0 Å². The SMILES string of the molecule is O=C([O-])CSc1cccc2cccc(Cl)c12. The molecule has 0 N–H and O–H groups in total.